The van der Waals surface area contributed by atoms with Gasteiger partial charge in [0.25, 0.3) is 0 Å². The number of amides is 2. The molecule has 0 aromatic heterocycles. The van der Waals surface area contributed by atoms with Crippen molar-refractivity contribution < 1.29 is 9.59 Å². The molecule has 2 fully saturated rings. The van der Waals surface area contributed by atoms with Crippen LogP contribution in [-0.4, -0.2) is 45.3 Å². The average Bonchev–Trinajstić information content (AvgIpc) is 2.98. The van der Waals surface area contributed by atoms with Gasteiger partial charge < -0.3 is 9.80 Å². The van der Waals surface area contributed by atoms with Crippen LogP contribution in [0.3, 0.4) is 0 Å². The van der Waals surface area contributed by atoms with Crippen molar-refractivity contribution in [1.82, 2.24) is 9.80 Å². The molecule has 2 saturated heterocycles. The molecular weight excluding hydrogens is 320 g/mol. The number of carbonyl (C=O) groups is 2. The van der Waals surface area contributed by atoms with Crippen molar-refractivity contribution in [1.29, 1.82) is 0 Å². The standard InChI is InChI=1S/C16H19ClN2O2S/c1-16-8-7-14(20)19(16)13(10-22-16)15(21)18(2)9-11-5-3-4-6-12(11)17/h3-6,13H,7-10H2,1-2H3. The van der Waals surface area contributed by atoms with E-state index in [1.165, 1.54) is 0 Å². The van der Waals surface area contributed by atoms with Crippen LogP contribution < -0.4 is 0 Å². The van der Waals surface area contributed by atoms with Crippen molar-refractivity contribution in [2.24, 2.45) is 0 Å². The molecule has 1 aromatic rings. The zero-order valence-electron chi connectivity index (χ0n) is 12.7. The Hall–Kier alpha value is -1.20. The van der Waals surface area contributed by atoms with Crippen LogP contribution in [0.4, 0.5) is 0 Å². The van der Waals surface area contributed by atoms with Crippen molar-refractivity contribution in [3.05, 3.63) is 34.9 Å². The Morgan fingerprint density at radius 3 is 2.95 bits per heavy atom. The molecule has 1 aromatic carbocycles. The molecule has 3 rings (SSSR count). The van der Waals surface area contributed by atoms with E-state index in [4.69, 9.17) is 11.6 Å². The van der Waals surface area contributed by atoms with Gasteiger partial charge in [-0.05, 0) is 25.0 Å². The molecular formula is C16H19ClN2O2S. The quantitative estimate of drug-likeness (QED) is 0.851. The molecule has 4 nitrogen and oxygen atoms in total. The van der Waals surface area contributed by atoms with Gasteiger partial charge >= 0.3 is 0 Å². The summed E-state index contributed by atoms with van der Waals surface area (Å²) >= 11 is 7.87. The molecule has 0 N–H and O–H groups in total. The number of halogens is 1. The Labute approximate surface area is 139 Å². The topological polar surface area (TPSA) is 40.6 Å². The molecule has 2 atom stereocenters. The number of hydrogen-bond donors (Lipinski definition) is 0. The molecule has 0 bridgehead atoms. The molecule has 0 saturated carbocycles. The summed E-state index contributed by atoms with van der Waals surface area (Å²) in [7, 11) is 1.77. The largest absolute Gasteiger partial charge is 0.340 e. The number of rotatable bonds is 3. The Kier molecular flexibility index (Phi) is 4.12. The summed E-state index contributed by atoms with van der Waals surface area (Å²) < 4.78 is 0. The van der Waals surface area contributed by atoms with Gasteiger partial charge in [-0.1, -0.05) is 29.8 Å². The van der Waals surface area contributed by atoms with Gasteiger partial charge in [0.1, 0.15) is 6.04 Å². The number of likely N-dealkylation sites (N-methyl/N-ethyl adjacent to an activating group) is 1. The molecule has 0 spiro atoms. The first-order valence-corrected chi connectivity index (χ1v) is 8.73. The van der Waals surface area contributed by atoms with E-state index in [0.717, 1.165) is 12.0 Å². The molecule has 2 aliphatic heterocycles. The molecule has 2 heterocycles. The summed E-state index contributed by atoms with van der Waals surface area (Å²) in [5.41, 5.74) is 0.918. The van der Waals surface area contributed by atoms with E-state index >= 15 is 0 Å². The lowest BCUT2D eigenvalue weighted by molar-refractivity contribution is -0.143. The third-order valence-electron chi connectivity index (χ3n) is 4.47. The molecule has 22 heavy (non-hydrogen) atoms. The zero-order valence-corrected chi connectivity index (χ0v) is 14.3. The van der Waals surface area contributed by atoms with Crippen LogP contribution >= 0.6 is 23.4 Å². The first-order chi connectivity index (χ1) is 10.4. The van der Waals surface area contributed by atoms with Gasteiger partial charge in [0, 0.05) is 30.8 Å². The summed E-state index contributed by atoms with van der Waals surface area (Å²) in [4.78, 5) is 28.2. The van der Waals surface area contributed by atoms with Crippen LogP contribution in [0, 0.1) is 0 Å². The van der Waals surface area contributed by atoms with Crippen molar-refractivity contribution in [3.8, 4) is 0 Å². The normalized spacial score (nSPS) is 27.1. The predicted octanol–water partition coefficient (Wildman–Crippen LogP) is 2.75. The molecule has 0 aliphatic carbocycles. The molecule has 2 amide bonds. The van der Waals surface area contributed by atoms with E-state index in [-0.39, 0.29) is 22.7 Å². The Balaban J connectivity index is 1.74. The summed E-state index contributed by atoms with van der Waals surface area (Å²) in [6.07, 6.45) is 1.37. The van der Waals surface area contributed by atoms with Crippen LogP contribution in [0.1, 0.15) is 25.3 Å². The van der Waals surface area contributed by atoms with Crippen LogP contribution in [0.25, 0.3) is 0 Å². The molecule has 0 radical (unpaired) electrons. The maximum absolute atomic E-state index is 12.8. The van der Waals surface area contributed by atoms with Gasteiger partial charge in [-0.25, -0.2) is 0 Å². The minimum absolute atomic E-state index is 0.00797. The number of benzene rings is 1. The second-order valence-corrected chi connectivity index (χ2v) is 7.96. The highest BCUT2D eigenvalue weighted by Gasteiger charge is 2.53. The van der Waals surface area contributed by atoms with E-state index in [1.807, 2.05) is 24.3 Å². The maximum atomic E-state index is 12.8. The fourth-order valence-electron chi connectivity index (χ4n) is 3.22. The predicted molar refractivity (Wildman–Crippen MR) is 88.7 cm³/mol. The number of hydrogen-bond acceptors (Lipinski definition) is 3. The van der Waals surface area contributed by atoms with Gasteiger partial charge in [0.05, 0.1) is 4.87 Å². The van der Waals surface area contributed by atoms with Crippen LogP contribution in [-0.2, 0) is 16.1 Å². The summed E-state index contributed by atoms with van der Waals surface area (Å²) in [5.74, 6) is 0.761. The van der Waals surface area contributed by atoms with E-state index in [1.54, 1.807) is 28.6 Å². The highest BCUT2D eigenvalue weighted by Crippen LogP contribution is 2.47. The highest BCUT2D eigenvalue weighted by atomic mass is 35.5. The van der Waals surface area contributed by atoms with Crippen molar-refractivity contribution in [3.63, 3.8) is 0 Å². The average molecular weight is 339 g/mol. The monoisotopic (exact) mass is 338 g/mol. The summed E-state index contributed by atoms with van der Waals surface area (Å²) in [6, 6.07) is 7.17. The Morgan fingerprint density at radius 1 is 1.50 bits per heavy atom. The minimum atomic E-state index is -0.350. The van der Waals surface area contributed by atoms with E-state index in [2.05, 4.69) is 6.92 Å². The SMILES string of the molecule is CN(Cc1ccccc1Cl)C(=O)C1CSC2(C)CCC(=O)N12. The fraction of sp³-hybridized carbons (Fsp3) is 0.500. The summed E-state index contributed by atoms with van der Waals surface area (Å²) in [5, 5.41) is 0.657. The lowest BCUT2D eigenvalue weighted by Crippen LogP contribution is -2.50. The summed E-state index contributed by atoms with van der Waals surface area (Å²) in [6.45, 7) is 2.52. The second-order valence-electron chi connectivity index (χ2n) is 6.05. The molecule has 2 unspecified atom stereocenters. The number of fused-ring (bicyclic) bond motifs is 1. The van der Waals surface area contributed by atoms with Crippen molar-refractivity contribution in [2.45, 2.75) is 37.2 Å². The lowest BCUT2D eigenvalue weighted by atomic mass is 10.1. The van der Waals surface area contributed by atoms with Crippen molar-refractivity contribution >= 4 is 35.2 Å². The van der Waals surface area contributed by atoms with Gasteiger partial charge in [0.2, 0.25) is 11.8 Å². The molecule has 6 heteroatoms. The number of nitrogens with zero attached hydrogens (tertiary/aromatic N) is 2. The van der Waals surface area contributed by atoms with Crippen LogP contribution in [0.15, 0.2) is 24.3 Å². The maximum Gasteiger partial charge on any atom is 0.246 e. The Bertz CT molecular complexity index is 624. The lowest BCUT2D eigenvalue weighted by Gasteiger charge is -2.32. The molecule has 2 aliphatic rings. The van der Waals surface area contributed by atoms with Crippen molar-refractivity contribution in [2.75, 3.05) is 12.8 Å². The number of carbonyl (C=O) groups excluding carboxylic acids is 2. The second kappa shape index (κ2) is 5.78. The minimum Gasteiger partial charge on any atom is -0.340 e. The first-order valence-electron chi connectivity index (χ1n) is 7.37. The van der Waals surface area contributed by atoms with E-state index in [9.17, 15) is 9.59 Å². The van der Waals surface area contributed by atoms with Gasteiger partial charge in [-0.15, -0.1) is 11.8 Å². The number of thioether (sulfide) groups is 1. The first kappa shape index (κ1) is 15.7. The third kappa shape index (κ3) is 2.61. The smallest absolute Gasteiger partial charge is 0.246 e. The molecule has 118 valence electrons. The van der Waals surface area contributed by atoms with E-state index < -0.39 is 0 Å². The zero-order chi connectivity index (χ0) is 15.9. The highest BCUT2D eigenvalue weighted by molar-refractivity contribution is 8.01. The van der Waals surface area contributed by atoms with Gasteiger partial charge in [-0.3, -0.25) is 9.59 Å². The van der Waals surface area contributed by atoms with Crippen LogP contribution in [0.2, 0.25) is 5.02 Å². The third-order valence-corrected chi connectivity index (χ3v) is 6.35. The van der Waals surface area contributed by atoms with Gasteiger partial charge in [0.15, 0.2) is 0 Å². The fourth-order valence-corrected chi connectivity index (χ4v) is 4.84. The van der Waals surface area contributed by atoms with Crippen LogP contribution in [0.5, 0.6) is 0 Å². The Morgan fingerprint density at radius 2 is 2.23 bits per heavy atom. The van der Waals surface area contributed by atoms with Gasteiger partial charge in [-0.2, -0.15) is 0 Å². The van der Waals surface area contributed by atoms with E-state index in [0.29, 0.717) is 23.7 Å².